The number of aryl methyl sites for hydroxylation is 1. The molecule has 2 N–H and O–H groups in total. The van der Waals surface area contributed by atoms with E-state index in [1.165, 1.54) is 0 Å². The summed E-state index contributed by atoms with van der Waals surface area (Å²) in [5, 5.41) is 6.22. The fourth-order valence-corrected chi connectivity index (χ4v) is 2.32. The van der Waals surface area contributed by atoms with Crippen molar-refractivity contribution in [3.8, 4) is 5.75 Å². The van der Waals surface area contributed by atoms with Crippen LogP contribution in [0.2, 0.25) is 0 Å². The maximum Gasteiger partial charge on any atom is 0.223 e. The van der Waals surface area contributed by atoms with Crippen LogP contribution < -0.4 is 15.4 Å². The summed E-state index contributed by atoms with van der Waals surface area (Å²) in [6, 6.07) is 6.09. The molecule has 1 aromatic rings. The first-order chi connectivity index (χ1) is 9.61. The summed E-state index contributed by atoms with van der Waals surface area (Å²) in [6.45, 7) is 9.06. The number of nitrogens with one attached hydrogen (secondary N) is 2. The summed E-state index contributed by atoms with van der Waals surface area (Å²) in [5.41, 5.74) is 2.20. The molecule has 0 spiro atoms. The van der Waals surface area contributed by atoms with Crippen molar-refractivity contribution in [2.24, 2.45) is 11.8 Å². The average molecular weight is 276 g/mol. The zero-order valence-corrected chi connectivity index (χ0v) is 12.5. The largest absolute Gasteiger partial charge is 0.494 e. The monoisotopic (exact) mass is 276 g/mol. The van der Waals surface area contributed by atoms with Crippen LogP contribution in [0.4, 0.5) is 0 Å². The third kappa shape index (κ3) is 3.51. The van der Waals surface area contributed by atoms with Crippen molar-refractivity contribution in [3.05, 3.63) is 29.3 Å². The Labute approximate surface area is 120 Å². The molecule has 2 rings (SSSR count). The molecule has 4 nitrogen and oxygen atoms in total. The van der Waals surface area contributed by atoms with Gasteiger partial charge in [-0.15, -0.1) is 0 Å². The minimum atomic E-state index is 0.0669. The number of carbonyl (C=O) groups is 1. The van der Waals surface area contributed by atoms with Gasteiger partial charge in [0, 0.05) is 18.0 Å². The van der Waals surface area contributed by atoms with Crippen molar-refractivity contribution in [2.75, 3.05) is 19.7 Å². The summed E-state index contributed by atoms with van der Waals surface area (Å²) in [4.78, 5) is 12.1. The number of hydrogen-bond donors (Lipinski definition) is 2. The number of rotatable bonds is 6. The molecular formula is C16H24N2O2. The second kappa shape index (κ2) is 6.75. The van der Waals surface area contributed by atoms with Crippen LogP contribution in [-0.2, 0) is 11.3 Å². The first kappa shape index (κ1) is 14.9. The first-order valence-corrected chi connectivity index (χ1v) is 7.32. The van der Waals surface area contributed by atoms with Crippen molar-refractivity contribution in [3.63, 3.8) is 0 Å². The summed E-state index contributed by atoms with van der Waals surface area (Å²) in [5.74, 6) is 1.53. The van der Waals surface area contributed by atoms with Crippen LogP contribution in [0.1, 0.15) is 25.0 Å². The smallest absolute Gasteiger partial charge is 0.223 e. The fourth-order valence-electron chi connectivity index (χ4n) is 2.32. The SMILES string of the molecule is CCOc1cc(C)ccc1CNC(=O)C(C)C1CNC1. The maximum absolute atomic E-state index is 12.1. The second-order valence-electron chi connectivity index (χ2n) is 5.47. The minimum absolute atomic E-state index is 0.0669. The van der Waals surface area contributed by atoms with Gasteiger partial charge in [-0.1, -0.05) is 19.1 Å². The lowest BCUT2D eigenvalue weighted by atomic mass is 9.88. The molecular weight excluding hydrogens is 252 g/mol. The van der Waals surface area contributed by atoms with Crippen LogP contribution in [0.3, 0.4) is 0 Å². The van der Waals surface area contributed by atoms with Gasteiger partial charge in [0.2, 0.25) is 5.91 Å². The van der Waals surface area contributed by atoms with E-state index in [1.807, 2.05) is 39.0 Å². The zero-order chi connectivity index (χ0) is 14.5. The molecule has 0 aliphatic carbocycles. The van der Waals surface area contributed by atoms with Crippen molar-refractivity contribution in [2.45, 2.75) is 27.3 Å². The van der Waals surface area contributed by atoms with E-state index >= 15 is 0 Å². The molecule has 1 aromatic carbocycles. The normalized spacial score (nSPS) is 16.4. The molecule has 1 amide bonds. The highest BCUT2D eigenvalue weighted by molar-refractivity contribution is 5.78. The Morgan fingerprint density at radius 1 is 1.50 bits per heavy atom. The molecule has 1 aliphatic rings. The van der Waals surface area contributed by atoms with Gasteiger partial charge in [-0.25, -0.2) is 0 Å². The Morgan fingerprint density at radius 3 is 2.85 bits per heavy atom. The lowest BCUT2D eigenvalue weighted by Gasteiger charge is -2.31. The van der Waals surface area contributed by atoms with E-state index in [2.05, 4.69) is 10.6 Å². The van der Waals surface area contributed by atoms with E-state index in [1.54, 1.807) is 0 Å². The van der Waals surface area contributed by atoms with Crippen LogP contribution in [0.5, 0.6) is 5.75 Å². The number of amides is 1. The zero-order valence-electron chi connectivity index (χ0n) is 12.5. The van der Waals surface area contributed by atoms with Crippen LogP contribution in [-0.4, -0.2) is 25.6 Å². The summed E-state index contributed by atoms with van der Waals surface area (Å²) >= 11 is 0. The molecule has 1 unspecified atom stereocenters. The van der Waals surface area contributed by atoms with Crippen LogP contribution in [0.25, 0.3) is 0 Å². The Balaban J connectivity index is 1.94. The summed E-state index contributed by atoms with van der Waals surface area (Å²) < 4.78 is 5.63. The molecule has 0 saturated carbocycles. The third-order valence-corrected chi connectivity index (χ3v) is 3.91. The first-order valence-electron chi connectivity index (χ1n) is 7.32. The lowest BCUT2D eigenvalue weighted by Crippen LogP contribution is -2.49. The fraction of sp³-hybridized carbons (Fsp3) is 0.562. The maximum atomic E-state index is 12.1. The molecule has 0 bridgehead atoms. The van der Waals surface area contributed by atoms with Crippen molar-refractivity contribution in [1.29, 1.82) is 0 Å². The molecule has 4 heteroatoms. The Bertz CT molecular complexity index is 470. The summed E-state index contributed by atoms with van der Waals surface area (Å²) in [6.07, 6.45) is 0. The predicted octanol–water partition coefficient (Wildman–Crippen LogP) is 1.87. The van der Waals surface area contributed by atoms with Gasteiger partial charge in [0.25, 0.3) is 0 Å². The lowest BCUT2D eigenvalue weighted by molar-refractivity contribution is -0.126. The van der Waals surface area contributed by atoms with E-state index in [4.69, 9.17) is 4.74 Å². The number of hydrogen-bond acceptors (Lipinski definition) is 3. The van der Waals surface area contributed by atoms with Gasteiger partial charge in [-0.05, 0) is 44.5 Å². The van der Waals surface area contributed by atoms with E-state index in [0.717, 1.165) is 30.0 Å². The van der Waals surface area contributed by atoms with Crippen molar-refractivity contribution < 1.29 is 9.53 Å². The van der Waals surface area contributed by atoms with Crippen molar-refractivity contribution >= 4 is 5.91 Å². The highest BCUT2D eigenvalue weighted by atomic mass is 16.5. The molecule has 1 aliphatic heterocycles. The van der Waals surface area contributed by atoms with Gasteiger partial charge in [0.05, 0.1) is 6.61 Å². The molecule has 1 atom stereocenters. The quantitative estimate of drug-likeness (QED) is 0.834. The molecule has 1 fully saturated rings. The van der Waals surface area contributed by atoms with E-state index in [-0.39, 0.29) is 11.8 Å². The molecule has 0 aromatic heterocycles. The Morgan fingerprint density at radius 2 is 2.25 bits per heavy atom. The third-order valence-electron chi connectivity index (χ3n) is 3.91. The van der Waals surface area contributed by atoms with E-state index < -0.39 is 0 Å². The minimum Gasteiger partial charge on any atom is -0.494 e. The molecule has 1 heterocycles. The van der Waals surface area contributed by atoms with Crippen LogP contribution in [0, 0.1) is 18.8 Å². The highest BCUT2D eigenvalue weighted by Crippen LogP contribution is 2.21. The van der Waals surface area contributed by atoms with Crippen LogP contribution >= 0.6 is 0 Å². The predicted molar refractivity (Wildman–Crippen MR) is 79.7 cm³/mol. The Kier molecular flexibility index (Phi) is 5.01. The second-order valence-corrected chi connectivity index (χ2v) is 5.47. The molecule has 20 heavy (non-hydrogen) atoms. The number of benzene rings is 1. The van der Waals surface area contributed by atoms with Gasteiger partial charge in [0.15, 0.2) is 0 Å². The van der Waals surface area contributed by atoms with Crippen LogP contribution in [0.15, 0.2) is 18.2 Å². The van der Waals surface area contributed by atoms with Gasteiger partial charge < -0.3 is 15.4 Å². The standard InChI is InChI=1S/C16H24N2O2/c1-4-20-15-7-11(2)5-6-13(15)10-18-16(19)12(3)14-8-17-9-14/h5-7,12,14,17H,4,8-10H2,1-3H3,(H,18,19). The summed E-state index contributed by atoms with van der Waals surface area (Å²) in [7, 11) is 0. The molecule has 0 radical (unpaired) electrons. The molecule has 110 valence electrons. The number of ether oxygens (including phenoxy) is 1. The van der Waals surface area contributed by atoms with E-state index in [9.17, 15) is 4.79 Å². The van der Waals surface area contributed by atoms with Gasteiger partial charge in [-0.2, -0.15) is 0 Å². The van der Waals surface area contributed by atoms with Gasteiger partial charge >= 0.3 is 0 Å². The molecule has 1 saturated heterocycles. The number of carbonyl (C=O) groups excluding carboxylic acids is 1. The average Bonchev–Trinajstić information content (AvgIpc) is 2.35. The van der Waals surface area contributed by atoms with Gasteiger partial charge in [-0.3, -0.25) is 4.79 Å². The van der Waals surface area contributed by atoms with Crippen molar-refractivity contribution in [1.82, 2.24) is 10.6 Å². The van der Waals surface area contributed by atoms with E-state index in [0.29, 0.717) is 19.1 Å². The van der Waals surface area contributed by atoms with Gasteiger partial charge in [0.1, 0.15) is 5.75 Å². The topological polar surface area (TPSA) is 50.4 Å². The Hall–Kier alpha value is -1.55. The highest BCUT2D eigenvalue weighted by Gasteiger charge is 2.28.